The number of hydrogen-bond donors (Lipinski definition) is 1. The second-order valence-electron chi connectivity index (χ2n) is 6.19. The van der Waals surface area contributed by atoms with Crippen molar-refractivity contribution in [3.63, 3.8) is 0 Å². The first-order valence-corrected chi connectivity index (χ1v) is 7.11. The molecule has 4 heteroatoms. The first-order chi connectivity index (χ1) is 9.43. The number of alkyl halides is 2. The first kappa shape index (κ1) is 13.5. The van der Waals surface area contributed by atoms with Crippen LogP contribution in [0.4, 0.5) is 8.78 Å². The predicted molar refractivity (Wildman–Crippen MR) is 70.8 cm³/mol. The number of carboxylic acid groups (broad SMARTS) is 1. The van der Waals surface area contributed by atoms with E-state index in [1.54, 1.807) is 0 Å². The summed E-state index contributed by atoms with van der Waals surface area (Å²) >= 11 is 0. The minimum atomic E-state index is -2.69. The number of fused-ring (bicyclic) bond motifs is 1. The van der Waals surface area contributed by atoms with E-state index in [2.05, 4.69) is 0 Å². The van der Waals surface area contributed by atoms with Crippen LogP contribution >= 0.6 is 0 Å². The zero-order valence-corrected chi connectivity index (χ0v) is 11.2. The van der Waals surface area contributed by atoms with Gasteiger partial charge in [0.05, 0.1) is 5.41 Å². The first-order valence-electron chi connectivity index (χ1n) is 7.11. The summed E-state index contributed by atoms with van der Waals surface area (Å²) in [5.41, 5.74) is 1.38. The van der Waals surface area contributed by atoms with Crippen molar-refractivity contribution in [1.29, 1.82) is 0 Å². The summed E-state index contributed by atoms with van der Waals surface area (Å²) in [7, 11) is 0. The quantitative estimate of drug-likeness (QED) is 0.897. The van der Waals surface area contributed by atoms with Crippen LogP contribution in [0.25, 0.3) is 0 Å². The van der Waals surface area contributed by atoms with Crippen molar-refractivity contribution >= 4 is 5.97 Å². The van der Waals surface area contributed by atoms with Crippen LogP contribution in [-0.2, 0) is 17.6 Å². The Morgan fingerprint density at radius 2 is 1.55 bits per heavy atom. The maximum Gasteiger partial charge on any atom is 0.309 e. The molecule has 1 aromatic rings. The fraction of sp³-hybridized carbons (Fsp3) is 0.562. The van der Waals surface area contributed by atoms with Crippen LogP contribution in [0.3, 0.4) is 0 Å². The number of carbonyl (C=O) groups is 1. The second kappa shape index (κ2) is 4.54. The van der Waals surface area contributed by atoms with E-state index in [1.165, 1.54) is 11.1 Å². The maximum atomic E-state index is 13.4. The molecule has 0 bridgehead atoms. The Morgan fingerprint density at radius 3 is 2.00 bits per heavy atom. The minimum Gasteiger partial charge on any atom is -0.481 e. The summed E-state index contributed by atoms with van der Waals surface area (Å²) in [4.78, 5) is 11.8. The van der Waals surface area contributed by atoms with Gasteiger partial charge in [0.2, 0.25) is 5.92 Å². The highest BCUT2D eigenvalue weighted by Gasteiger charge is 2.53. The topological polar surface area (TPSA) is 37.3 Å². The molecule has 1 aromatic carbocycles. The average Bonchev–Trinajstić information content (AvgIpc) is 2.82. The van der Waals surface area contributed by atoms with E-state index < -0.39 is 17.3 Å². The highest BCUT2D eigenvalue weighted by molar-refractivity contribution is 5.75. The Balaban J connectivity index is 1.86. The third kappa shape index (κ3) is 2.11. The van der Waals surface area contributed by atoms with Crippen molar-refractivity contribution in [2.45, 2.75) is 44.4 Å². The van der Waals surface area contributed by atoms with E-state index in [0.29, 0.717) is 12.8 Å². The lowest BCUT2D eigenvalue weighted by atomic mass is 9.64. The van der Waals surface area contributed by atoms with Crippen molar-refractivity contribution in [2.24, 2.45) is 11.3 Å². The molecule has 1 N–H and O–H groups in total. The number of carboxylic acids is 1. The largest absolute Gasteiger partial charge is 0.481 e. The lowest BCUT2D eigenvalue weighted by molar-refractivity contribution is -0.162. The van der Waals surface area contributed by atoms with Crippen LogP contribution < -0.4 is 0 Å². The molecule has 2 nitrogen and oxygen atoms in total. The minimum absolute atomic E-state index is 0.0477. The van der Waals surface area contributed by atoms with Crippen LogP contribution in [0, 0.1) is 11.3 Å². The number of aliphatic carboxylic acids is 1. The van der Waals surface area contributed by atoms with Crippen molar-refractivity contribution in [3.05, 3.63) is 35.4 Å². The summed E-state index contributed by atoms with van der Waals surface area (Å²) in [5, 5.41) is 9.65. The highest BCUT2D eigenvalue weighted by atomic mass is 19.3. The van der Waals surface area contributed by atoms with Gasteiger partial charge >= 0.3 is 5.97 Å². The molecule has 1 saturated carbocycles. The molecule has 0 heterocycles. The number of rotatable bonds is 2. The molecular weight excluding hydrogens is 262 g/mol. The van der Waals surface area contributed by atoms with E-state index >= 15 is 0 Å². The molecule has 0 radical (unpaired) electrons. The Labute approximate surface area is 116 Å². The van der Waals surface area contributed by atoms with Crippen molar-refractivity contribution in [2.75, 3.05) is 0 Å². The van der Waals surface area contributed by atoms with Gasteiger partial charge in [0.1, 0.15) is 0 Å². The maximum absolute atomic E-state index is 13.4. The monoisotopic (exact) mass is 280 g/mol. The standard InChI is InChI=1S/C16H18F2O2/c17-16(18)7-5-15(6-8-16,14(19)20)13-9-11-3-1-2-4-12(11)10-13/h1-4,13H,5-10H2,(H,19,20). The smallest absolute Gasteiger partial charge is 0.309 e. The summed E-state index contributed by atoms with van der Waals surface area (Å²) in [5.74, 6) is -3.64. The van der Waals surface area contributed by atoms with Gasteiger partial charge in [-0.3, -0.25) is 4.79 Å². The van der Waals surface area contributed by atoms with E-state index in [0.717, 1.165) is 0 Å². The van der Waals surface area contributed by atoms with Gasteiger partial charge in [0, 0.05) is 12.8 Å². The van der Waals surface area contributed by atoms with Gasteiger partial charge in [-0.2, -0.15) is 0 Å². The van der Waals surface area contributed by atoms with Crippen molar-refractivity contribution < 1.29 is 18.7 Å². The number of benzene rings is 1. The lowest BCUT2D eigenvalue weighted by Crippen LogP contribution is -2.45. The van der Waals surface area contributed by atoms with Gasteiger partial charge in [-0.25, -0.2) is 8.78 Å². The third-order valence-corrected chi connectivity index (χ3v) is 5.13. The second-order valence-corrected chi connectivity index (χ2v) is 6.19. The fourth-order valence-electron chi connectivity index (χ4n) is 3.81. The molecule has 0 spiro atoms. The zero-order valence-electron chi connectivity index (χ0n) is 11.2. The Morgan fingerprint density at radius 1 is 1.05 bits per heavy atom. The van der Waals surface area contributed by atoms with Crippen LogP contribution in [0.1, 0.15) is 36.8 Å². The van der Waals surface area contributed by atoms with Crippen LogP contribution in [0.5, 0.6) is 0 Å². The summed E-state index contributed by atoms with van der Waals surface area (Å²) < 4.78 is 26.7. The third-order valence-electron chi connectivity index (χ3n) is 5.13. The summed E-state index contributed by atoms with van der Waals surface area (Å²) in [6.45, 7) is 0. The number of hydrogen-bond acceptors (Lipinski definition) is 1. The lowest BCUT2D eigenvalue weighted by Gasteiger charge is -2.41. The van der Waals surface area contributed by atoms with E-state index in [1.807, 2.05) is 24.3 Å². The average molecular weight is 280 g/mol. The molecule has 2 aliphatic rings. The molecule has 3 rings (SSSR count). The summed E-state index contributed by atoms with van der Waals surface area (Å²) in [6.07, 6.45) is 0.988. The normalized spacial score (nSPS) is 24.3. The fourth-order valence-corrected chi connectivity index (χ4v) is 3.81. The summed E-state index contributed by atoms with van der Waals surface area (Å²) in [6, 6.07) is 7.93. The Bertz CT molecular complexity index is 504. The molecule has 0 unspecified atom stereocenters. The highest BCUT2D eigenvalue weighted by Crippen LogP contribution is 2.51. The molecule has 0 aliphatic heterocycles. The predicted octanol–water partition coefficient (Wildman–Crippen LogP) is 3.68. The van der Waals surface area contributed by atoms with Gasteiger partial charge in [0.15, 0.2) is 0 Å². The SMILES string of the molecule is O=C(O)C1(C2Cc3ccccc3C2)CCC(F)(F)CC1. The van der Waals surface area contributed by atoms with E-state index in [9.17, 15) is 18.7 Å². The molecule has 0 saturated heterocycles. The molecule has 2 aliphatic carbocycles. The molecule has 0 amide bonds. The molecule has 0 aromatic heterocycles. The van der Waals surface area contributed by atoms with Crippen LogP contribution in [-0.4, -0.2) is 17.0 Å². The number of halogens is 2. The Hall–Kier alpha value is -1.45. The van der Waals surface area contributed by atoms with Crippen LogP contribution in [0.15, 0.2) is 24.3 Å². The van der Waals surface area contributed by atoms with E-state index in [4.69, 9.17) is 0 Å². The van der Waals surface area contributed by atoms with Gasteiger partial charge in [-0.15, -0.1) is 0 Å². The molecular formula is C16H18F2O2. The van der Waals surface area contributed by atoms with Crippen molar-refractivity contribution in [1.82, 2.24) is 0 Å². The molecule has 1 fully saturated rings. The van der Waals surface area contributed by atoms with Crippen molar-refractivity contribution in [3.8, 4) is 0 Å². The van der Waals surface area contributed by atoms with Gasteiger partial charge in [-0.1, -0.05) is 24.3 Å². The zero-order chi connectivity index (χ0) is 14.4. The van der Waals surface area contributed by atoms with E-state index in [-0.39, 0.29) is 31.6 Å². The Kier molecular flexibility index (Phi) is 3.07. The van der Waals surface area contributed by atoms with Crippen LogP contribution in [0.2, 0.25) is 0 Å². The molecule has 0 atom stereocenters. The van der Waals surface area contributed by atoms with Gasteiger partial charge in [-0.05, 0) is 42.7 Å². The van der Waals surface area contributed by atoms with Gasteiger partial charge < -0.3 is 5.11 Å². The molecule has 108 valence electrons. The molecule has 20 heavy (non-hydrogen) atoms. The van der Waals surface area contributed by atoms with Gasteiger partial charge in [0.25, 0.3) is 0 Å².